The highest BCUT2D eigenvalue weighted by atomic mass is 32.2. The lowest BCUT2D eigenvalue weighted by Gasteiger charge is -2.07. The predicted molar refractivity (Wildman–Crippen MR) is 78.6 cm³/mol. The molecule has 0 aliphatic rings. The lowest BCUT2D eigenvalue weighted by molar-refractivity contribution is 0.544. The van der Waals surface area contributed by atoms with Gasteiger partial charge in [0.05, 0.1) is 10.6 Å². The fourth-order valence-electron chi connectivity index (χ4n) is 1.98. The average molecular weight is 310 g/mol. The van der Waals surface area contributed by atoms with Crippen molar-refractivity contribution >= 4 is 10.0 Å². The van der Waals surface area contributed by atoms with Crippen molar-refractivity contribution in [3.63, 3.8) is 0 Å². The number of aryl methyl sites for hydroxylation is 3. The van der Waals surface area contributed by atoms with E-state index in [4.69, 9.17) is 0 Å². The molecule has 2 aromatic rings. The Bertz CT molecular complexity index is 756. The smallest absolute Gasteiger partial charge is 0.247 e. The third-order valence-corrected chi connectivity index (χ3v) is 4.47. The van der Waals surface area contributed by atoms with Gasteiger partial charge in [0.25, 0.3) is 0 Å². The highest BCUT2D eigenvalue weighted by Gasteiger charge is 2.13. The Morgan fingerprint density at radius 3 is 2.67 bits per heavy atom. The molecule has 0 unspecified atom stereocenters. The molecular weight excluding hydrogens is 292 g/mol. The van der Waals surface area contributed by atoms with Crippen molar-refractivity contribution in [1.82, 2.24) is 19.5 Å². The first-order valence-corrected chi connectivity index (χ1v) is 8.06. The predicted octanol–water partition coefficient (Wildman–Crippen LogP) is 0.557. The highest BCUT2D eigenvalue weighted by Crippen LogP contribution is 2.05. The minimum absolute atomic E-state index is 0.0493. The Hall–Kier alpha value is -1.93. The lowest BCUT2D eigenvalue weighted by Crippen LogP contribution is -2.26. The van der Waals surface area contributed by atoms with Gasteiger partial charge in [0, 0.05) is 31.0 Å². The summed E-state index contributed by atoms with van der Waals surface area (Å²) in [6, 6.07) is 4.44. The molecule has 2 rings (SSSR count). The molecule has 0 spiro atoms. The molecule has 2 heterocycles. The first-order valence-electron chi connectivity index (χ1n) is 6.58. The summed E-state index contributed by atoms with van der Waals surface area (Å²) in [4.78, 5) is 13.3. The second-order valence-corrected chi connectivity index (χ2v) is 6.56. The van der Waals surface area contributed by atoms with Crippen LogP contribution in [0.3, 0.4) is 0 Å². The number of hydrogen-bond acceptors (Lipinski definition) is 4. The fraction of sp³-hybridized carbons (Fsp3) is 0.385. The van der Waals surface area contributed by atoms with Crippen LogP contribution in [-0.2, 0) is 16.6 Å². The average Bonchev–Trinajstić information content (AvgIpc) is 2.74. The van der Waals surface area contributed by atoms with E-state index in [9.17, 15) is 13.2 Å². The highest BCUT2D eigenvalue weighted by molar-refractivity contribution is 7.89. The standard InChI is InChI=1S/C13H18N4O3S/c1-10-8-11(2)17(16-10)7-3-6-15-21(19,20)12-4-5-13(18)14-9-12/h4-5,8-9,15H,3,6-7H2,1-2H3,(H,14,18). The molecule has 2 aromatic heterocycles. The maximum Gasteiger partial charge on any atom is 0.247 e. The van der Waals surface area contributed by atoms with E-state index >= 15 is 0 Å². The van der Waals surface area contributed by atoms with Crippen molar-refractivity contribution in [1.29, 1.82) is 0 Å². The maximum atomic E-state index is 12.0. The van der Waals surface area contributed by atoms with Crippen LogP contribution < -0.4 is 10.3 Å². The van der Waals surface area contributed by atoms with Gasteiger partial charge >= 0.3 is 0 Å². The Labute approximate surface area is 123 Å². The SMILES string of the molecule is Cc1cc(C)n(CCCNS(=O)(=O)c2ccc(=O)[nH]c2)n1. The van der Waals surface area contributed by atoms with Crippen LogP contribution in [0.4, 0.5) is 0 Å². The van der Waals surface area contributed by atoms with Crippen LogP contribution in [0.2, 0.25) is 0 Å². The fourth-order valence-corrected chi connectivity index (χ4v) is 3.02. The Morgan fingerprint density at radius 1 is 1.33 bits per heavy atom. The molecule has 114 valence electrons. The summed E-state index contributed by atoms with van der Waals surface area (Å²) in [6.45, 7) is 4.83. The van der Waals surface area contributed by atoms with Gasteiger partial charge in [-0.1, -0.05) is 0 Å². The topological polar surface area (TPSA) is 96.9 Å². The first kappa shape index (κ1) is 15.5. The molecule has 0 fully saturated rings. The molecule has 2 N–H and O–H groups in total. The second kappa shape index (κ2) is 6.23. The largest absolute Gasteiger partial charge is 0.328 e. The first-order chi connectivity index (χ1) is 9.88. The van der Waals surface area contributed by atoms with Crippen molar-refractivity contribution in [2.24, 2.45) is 0 Å². The van der Waals surface area contributed by atoms with E-state index < -0.39 is 10.0 Å². The van der Waals surface area contributed by atoms with Gasteiger partial charge in [0.1, 0.15) is 0 Å². The van der Waals surface area contributed by atoms with Gasteiger partial charge in [-0.2, -0.15) is 5.10 Å². The molecule has 21 heavy (non-hydrogen) atoms. The van der Waals surface area contributed by atoms with E-state index in [1.54, 1.807) is 0 Å². The summed E-state index contributed by atoms with van der Waals surface area (Å²) in [7, 11) is -3.59. The van der Waals surface area contributed by atoms with Gasteiger partial charge in [-0.15, -0.1) is 0 Å². The molecule has 0 amide bonds. The van der Waals surface area contributed by atoms with E-state index in [-0.39, 0.29) is 10.5 Å². The molecule has 0 saturated carbocycles. The normalized spacial score (nSPS) is 11.7. The quantitative estimate of drug-likeness (QED) is 0.762. The van der Waals surface area contributed by atoms with Gasteiger partial charge in [-0.25, -0.2) is 13.1 Å². The third kappa shape index (κ3) is 4.02. The third-order valence-electron chi connectivity index (χ3n) is 3.01. The Kier molecular flexibility index (Phi) is 4.59. The number of nitrogens with zero attached hydrogens (tertiary/aromatic N) is 2. The van der Waals surface area contributed by atoms with Crippen LogP contribution in [-0.4, -0.2) is 29.7 Å². The van der Waals surface area contributed by atoms with Crippen molar-refractivity contribution in [3.05, 3.63) is 46.1 Å². The van der Waals surface area contributed by atoms with Gasteiger partial charge < -0.3 is 4.98 Å². The van der Waals surface area contributed by atoms with E-state index in [0.717, 1.165) is 11.4 Å². The van der Waals surface area contributed by atoms with Crippen molar-refractivity contribution in [3.8, 4) is 0 Å². The van der Waals surface area contributed by atoms with Gasteiger partial charge in [-0.05, 0) is 32.4 Å². The molecule has 0 radical (unpaired) electrons. The summed E-state index contributed by atoms with van der Waals surface area (Å²) < 4.78 is 28.3. The molecule has 0 aliphatic heterocycles. The Morgan fingerprint density at radius 2 is 2.10 bits per heavy atom. The zero-order valence-corrected chi connectivity index (χ0v) is 12.8. The molecule has 0 aromatic carbocycles. The molecule has 0 atom stereocenters. The van der Waals surface area contributed by atoms with E-state index in [1.165, 1.54) is 18.3 Å². The van der Waals surface area contributed by atoms with Gasteiger partial charge in [0.15, 0.2) is 0 Å². The summed E-state index contributed by atoms with van der Waals surface area (Å²) in [5, 5.41) is 4.31. The number of aromatic amines is 1. The summed E-state index contributed by atoms with van der Waals surface area (Å²) >= 11 is 0. The molecule has 0 bridgehead atoms. The van der Waals surface area contributed by atoms with Crippen LogP contribution in [0.15, 0.2) is 34.1 Å². The summed E-state index contributed by atoms with van der Waals surface area (Å²) in [5.41, 5.74) is 1.66. The second-order valence-electron chi connectivity index (χ2n) is 4.79. The van der Waals surface area contributed by atoms with Crippen molar-refractivity contribution in [2.45, 2.75) is 31.7 Å². The number of sulfonamides is 1. The van der Waals surface area contributed by atoms with Crippen molar-refractivity contribution < 1.29 is 8.42 Å². The maximum absolute atomic E-state index is 12.0. The van der Waals surface area contributed by atoms with Gasteiger partial charge in [0.2, 0.25) is 15.6 Å². The monoisotopic (exact) mass is 310 g/mol. The van der Waals surface area contributed by atoms with E-state index in [2.05, 4.69) is 14.8 Å². The lowest BCUT2D eigenvalue weighted by atomic mass is 10.4. The number of hydrogen-bond donors (Lipinski definition) is 2. The molecule has 7 nitrogen and oxygen atoms in total. The minimum Gasteiger partial charge on any atom is -0.328 e. The number of aromatic nitrogens is 3. The van der Waals surface area contributed by atoms with Crippen LogP contribution in [0.1, 0.15) is 17.8 Å². The van der Waals surface area contributed by atoms with Crippen LogP contribution in [0.5, 0.6) is 0 Å². The molecule has 0 aliphatic carbocycles. The van der Waals surface area contributed by atoms with E-state index in [0.29, 0.717) is 19.5 Å². The number of H-pyrrole nitrogens is 1. The Balaban J connectivity index is 1.89. The molecule has 0 saturated heterocycles. The van der Waals surface area contributed by atoms with Crippen molar-refractivity contribution in [2.75, 3.05) is 6.54 Å². The number of rotatable bonds is 6. The van der Waals surface area contributed by atoms with Crippen LogP contribution >= 0.6 is 0 Å². The van der Waals surface area contributed by atoms with Crippen LogP contribution in [0.25, 0.3) is 0 Å². The molecular formula is C13H18N4O3S. The van der Waals surface area contributed by atoms with Gasteiger partial charge in [-0.3, -0.25) is 9.48 Å². The minimum atomic E-state index is -3.59. The summed E-state index contributed by atoms with van der Waals surface area (Å²) in [5.74, 6) is 0. The number of pyridine rings is 1. The molecule has 8 heteroatoms. The zero-order chi connectivity index (χ0) is 15.5. The van der Waals surface area contributed by atoms with E-state index in [1.807, 2.05) is 24.6 Å². The zero-order valence-electron chi connectivity index (χ0n) is 12.0. The van der Waals surface area contributed by atoms with Crippen LogP contribution in [0, 0.1) is 13.8 Å². The summed E-state index contributed by atoms with van der Waals surface area (Å²) in [6.07, 6.45) is 1.82. The number of nitrogens with one attached hydrogen (secondary N) is 2.